The van der Waals surface area contributed by atoms with Crippen molar-refractivity contribution in [3.8, 4) is 0 Å². The van der Waals surface area contributed by atoms with E-state index in [1.165, 1.54) is 19.2 Å². The van der Waals surface area contributed by atoms with E-state index in [2.05, 4.69) is 37.2 Å². The Kier molecular flexibility index (Phi) is 3.83. The van der Waals surface area contributed by atoms with Gasteiger partial charge in [0.15, 0.2) is 0 Å². The van der Waals surface area contributed by atoms with Crippen LogP contribution in [0.4, 0.5) is 11.6 Å². The fourth-order valence-corrected chi connectivity index (χ4v) is 2.56. The third kappa shape index (κ3) is 2.91. The van der Waals surface area contributed by atoms with Crippen molar-refractivity contribution in [2.45, 2.75) is 25.3 Å². The molecule has 0 saturated carbocycles. The van der Waals surface area contributed by atoms with Crippen LogP contribution < -0.4 is 5.32 Å². The normalized spacial score (nSPS) is 19.8. The minimum Gasteiger partial charge on any atom is -0.322 e. The van der Waals surface area contributed by atoms with Gasteiger partial charge in [0.25, 0.3) is 0 Å². The number of piperidine rings is 1. The molecule has 0 aliphatic carbocycles. The van der Waals surface area contributed by atoms with Gasteiger partial charge in [-0.15, -0.1) is 0 Å². The van der Waals surface area contributed by atoms with E-state index in [1.807, 2.05) is 6.07 Å². The van der Waals surface area contributed by atoms with Gasteiger partial charge >= 0.3 is 0 Å². The first-order valence-corrected chi connectivity index (χ1v) is 6.88. The summed E-state index contributed by atoms with van der Waals surface area (Å²) in [4.78, 5) is 19.2. The van der Waals surface area contributed by atoms with E-state index in [1.54, 1.807) is 18.6 Å². The summed E-state index contributed by atoms with van der Waals surface area (Å²) in [6.07, 6.45) is 10.4. The van der Waals surface area contributed by atoms with Crippen molar-refractivity contribution in [3.63, 3.8) is 0 Å². The molecule has 0 spiro atoms. The first-order valence-electron chi connectivity index (χ1n) is 6.88. The van der Waals surface area contributed by atoms with E-state index in [0.717, 1.165) is 24.3 Å². The molecule has 1 aliphatic rings. The highest BCUT2D eigenvalue weighted by Crippen LogP contribution is 2.28. The summed E-state index contributed by atoms with van der Waals surface area (Å²) in [5, 5.41) is 3.13. The molecule has 1 N–H and O–H groups in total. The number of hydrogen-bond donors (Lipinski definition) is 1. The zero-order chi connectivity index (χ0) is 13.8. The highest BCUT2D eigenvalue weighted by Gasteiger charge is 2.22. The fraction of sp³-hybridized carbons (Fsp3) is 0.429. The van der Waals surface area contributed by atoms with Crippen molar-refractivity contribution in [2.24, 2.45) is 0 Å². The SMILES string of the molecule is CN1CCCC[C@H]1c1ccnc(Nc2cncnc2)n1. The van der Waals surface area contributed by atoms with Crippen LogP contribution in [0, 0.1) is 0 Å². The topological polar surface area (TPSA) is 66.8 Å². The van der Waals surface area contributed by atoms with Gasteiger partial charge in [-0.2, -0.15) is 0 Å². The van der Waals surface area contributed by atoms with Crippen LogP contribution in [0.1, 0.15) is 31.0 Å². The Labute approximate surface area is 118 Å². The summed E-state index contributed by atoms with van der Waals surface area (Å²) in [7, 11) is 2.16. The van der Waals surface area contributed by atoms with Gasteiger partial charge < -0.3 is 5.32 Å². The van der Waals surface area contributed by atoms with Crippen molar-refractivity contribution >= 4 is 11.6 Å². The number of nitrogens with zero attached hydrogens (tertiary/aromatic N) is 5. The molecule has 1 fully saturated rings. The lowest BCUT2D eigenvalue weighted by atomic mass is 10.00. The molecule has 104 valence electrons. The minimum absolute atomic E-state index is 0.388. The average Bonchev–Trinajstić information content (AvgIpc) is 2.49. The summed E-state index contributed by atoms with van der Waals surface area (Å²) in [6, 6.07) is 2.39. The monoisotopic (exact) mass is 270 g/mol. The number of hydrogen-bond acceptors (Lipinski definition) is 6. The van der Waals surface area contributed by atoms with Crippen LogP contribution in [0.5, 0.6) is 0 Å². The molecule has 6 heteroatoms. The molecule has 1 aliphatic heterocycles. The molecule has 6 nitrogen and oxygen atoms in total. The standard InChI is InChI=1S/C14H18N6/c1-20-7-3-2-4-13(20)12-5-6-17-14(19-12)18-11-8-15-10-16-9-11/h5-6,8-10,13H,2-4,7H2,1H3,(H,17,18,19)/t13-/m0/s1. The van der Waals surface area contributed by atoms with Crippen LogP contribution in [0.25, 0.3) is 0 Å². The maximum absolute atomic E-state index is 4.62. The Balaban J connectivity index is 1.79. The van der Waals surface area contributed by atoms with E-state index in [4.69, 9.17) is 0 Å². The molecule has 3 heterocycles. The highest BCUT2D eigenvalue weighted by molar-refractivity contribution is 5.49. The smallest absolute Gasteiger partial charge is 0.227 e. The van der Waals surface area contributed by atoms with Gasteiger partial charge in [0.05, 0.1) is 29.8 Å². The molecule has 0 bridgehead atoms. The molecule has 1 saturated heterocycles. The van der Waals surface area contributed by atoms with Gasteiger partial charge in [0.2, 0.25) is 5.95 Å². The van der Waals surface area contributed by atoms with Crippen molar-refractivity contribution in [1.29, 1.82) is 0 Å². The van der Waals surface area contributed by atoms with Gasteiger partial charge in [-0.25, -0.2) is 19.9 Å². The van der Waals surface area contributed by atoms with E-state index in [9.17, 15) is 0 Å². The molecule has 2 aromatic heterocycles. The van der Waals surface area contributed by atoms with Gasteiger partial charge in [-0.05, 0) is 32.5 Å². The zero-order valence-electron chi connectivity index (χ0n) is 11.5. The minimum atomic E-state index is 0.388. The molecule has 0 unspecified atom stereocenters. The second kappa shape index (κ2) is 5.92. The van der Waals surface area contributed by atoms with E-state index in [-0.39, 0.29) is 0 Å². The van der Waals surface area contributed by atoms with E-state index in [0.29, 0.717) is 12.0 Å². The first-order chi connectivity index (χ1) is 9.83. The molecule has 3 rings (SSSR count). The summed E-state index contributed by atoms with van der Waals surface area (Å²) >= 11 is 0. The summed E-state index contributed by atoms with van der Waals surface area (Å²) in [5.41, 5.74) is 1.86. The Hall–Kier alpha value is -2.08. The van der Waals surface area contributed by atoms with Crippen LogP contribution in [0.3, 0.4) is 0 Å². The average molecular weight is 270 g/mol. The number of rotatable bonds is 3. The van der Waals surface area contributed by atoms with Gasteiger partial charge in [-0.1, -0.05) is 6.42 Å². The summed E-state index contributed by atoms with van der Waals surface area (Å²) in [5.74, 6) is 0.594. The summed E-state index contributed by atoms with van der Waals surface area (Å²) in [6.45, 7) is 1.13. The number of likely N-dealkylation sites (tertiary alicyclic amines) is 1. The molecule has 2 aromatic rings. The maximum atomic E-state index is 4.62. The molecular formula is C14H18N6. The molecular weight excluding hydrogens is 252 g/mol. The Morgan fingerprint density at radius 3 is 2.90 bits per heavy atom. The van der Waals surface area contributed by atoms with E-state index >= 15 is 0 Å². The fourth-order valence-electron chi connectivity index (χ4n) is 2.56. The van der Waals surface area contributed by atoms with Crippen LogP contribution in [0.15, 0.2) is 31.0 Å². The van der Waals surface area contributed by atoms with Gasteiger partial charge in [0, 0.05) is 6.20 Å². The van der Waals surface area contributed by atoms with Crippen molar-refractivity contribution in [3.05, 3.63) is 36.7 Å². The molecule has 20 heavy (non-hydrogen) atoms. The molecule has 0 aromatic carbocycles. The zero-order valence-corrected chi connectivity index (χ0v) is 11.5. The third-order valence-corrected chi connectivity index (χ3v) is 3.61. The Morgan fingerprint density at radius 2 is 2.10 bits per heavy atom. The highest BCUT2D eigenvalue weighted by atomic mass is 15.2. The Bertz CT molecular complexity index is 559. The van der Waals surface area contributed by atoms with Gasteiger partial charge in [-0.3, -0.25) is 4.90 Å². The quantitative estimate of drug-likeness (QED) is 0.922. The second-order valence-electron chi connectivity index (χ2n) is 5.05. The first kappa shape index (κ1) is 12.9. The van der Waals surface area contributed by atoms with Crippen LogP contribution in [-0.4, -0.2) is 38.4 Å². The van der Waals surface area contributed by atoms with Crippen molar-refractivity contribution in [1.82, 2.24) is 24.8 Å². The lowest BCUT2D eigenvalue weighted by molar-refractivity contribution is 0.183. The van der Waals surface area contributed by atoms with Crippen LogP contribution in [-0.2, 0) is 0 Å². The molecule has 0 radical (unpaired) electrons. The number of aromatic nitrogens is 4. The van der Waals surface area contributed by atoms with Gasteiger partial charge in [0.1, 0.15) is 6.33 Å². The van der Waals surface area contributed by atoms with Crippen LogP contribution in [0.2, 0.25) is 0 Å². The second-order valence-corrected chi connectivity index (χ2v) is 5.05. The molecule has 0 amide bonds. The Morgan fingerprint density at radius 1 is 1.25 bits per heavy atom. The lowest BCUT2D eigenvalue weighted by Crippen LogP contribution is -2.30. The van der Waals surface area contributed by atoms with Crippen molar-refractivity contribution in [2.75, 3.05) is 18.9 Å². The predicted octanol–water partition coefficient (Wildman–Crippen LogP) is 2.17. The third-order valence-electron chi connectivity index (χ3n) is 3.61. The van der Waals surface area contributed by atoms with E-state index < -0.39 is 0 Å². The summed E-state index contributed by atoms with van der Waals surface area (Å²) < 4.78 is 0. The van der Waals surface area contributed by atoms with Crippen molar-refractivity contribution < 1.29 is 0 Å². The maximum Gasteiger partial charge on any atom is 0.227 e. The van der Waals surface area contributed by atoms with Crippen LogP contribution >= 0.6 is 0 Å². The lowest BCUT2D eigenvalue weighted by Gasteiger charge is -2.31. The predicted molar refractivity (Wildman–Crippen MR) is 76.6 cm³/mol. The number of anilines is 2. The molecule has 1 atom stereocenters. The number of nitrogens with one attached hydrogen (secondary N) is 1. The largest absolute Gasteiger partial charge is 0.322 e.